The fraction of sp³-hybridized carbons (Fsp3) is 0.300. The maximum Gasteiger partial charge on any atom is 0.322 e. The van der Waals surface area contributed by atoms with Crippen molar-refractivity contribution >= 4 is 17.4 Å². The Morgan fingerprint density at radius 3 is 2.44 bits per heavy atom. The van der Waals surface area contributed by atoms with Crippen LogP contribution in [0.25, 0.3) is 0 Å². The number of anilines is 2. The first-order valence-corrected chi connectivity index (χ1v) is 8.46. The summed E-state index contributed by atoms with van der Waals surface area (Å²) >= 11 is 0. The number of benzene rings is 2. The Kier molecular flexibility index (Phi) is 4.90. The van der Waals surface area contributed by atoms with Crippen molar-refractivity contribution in [1.29, 1.82) is 5.26 Å². The Balaban J connectivity index is 1.61. The molecular formula is C20H22N4O. The Morgan fingerprint density at radius 2 is 1.76 bits per heavy atom. The molecule has 1 fully saturated rings. The number of urea groups is 1. The van der Waals surface area contributed by atoms with Gasteiger partial charge in [0.25, 0.3) is 0 Å². The summed E-state index contributed by atoms with van der Waals surface area (Å²) in [4.78, 5) is 16.6. The Morgan fingerprint density at radius 1 is 1.04 bits per heavy atom. The van der Waals surface area contributed by atoms with E-state index in [4.69, 9.17) is 5.26 Å². The number of rotatable bonds is 2. The van der Waals surface area contributed by atoms with Crippen molar-refractivity contribution in [2.75, 3.05) is 36.4 Å². The monoisotopic (exact) mass is 334 g/mol. The molecule has 5 nitrogen and oxygen atoms in total. The number of hydrogen-bond acceptors (Lipinski definition) is 3. The van der Waals surface area contributed by atoms with Gasteiger partial charge < -0.3 is 15.1 Å². The third-order valence-electron chi connectivity index (χ3n) is 4.71. The van der Waals surface area contributed by atoms with E-state index >= 15 is 0 Å². The molecular weight excluding hydrogens is 312 g/mol. The number of carbonyl (C=O) groups excluding carboxylic acids is 1. The van der Waals surface area contributed by atoms with Gasteiger partial charge in [-0.25, -0.2) is 4.79 Å². The normalized spacial score (nSPS) is 14.1. The minimum absolute atomic E-state index is 0.151. The maximum absolute atomic E-state index is 12.5. The van der Waals surface area contributed by atoms with Gasteiger partial charge in [0.2, 0.25) is 0 Å². The van der Waals surface area contributed by atoms with E-state index < -0.39 is 0 Å². The molecule has 1 heterocycles. The van der Waals surface area contributed by atoms with Gasteiger partial charge in [0.05, 0.1) is 11.3 Å². The summed E-state index contributed by atoms with van der Waals surface area (Å²) in [5.41, 5.74) is 4.82. The summed E-state index contributed by atoms with van der Waals surface area (Å²) in [7, 11) is 0. The second-order valence-corrected chi connectivity index (χ2v) is 6.33. The van der Waals surface area contributed by atoms with Crippen molar-refractivity contribution < 1.29 is 4.79 Å². The van der Waals surface area contributed by atoms with E-state index in [9.17, 15) is 4.79 Å². The van der Waals surface area contributed by atoms with E-state index in [-0.39, 0.29) is 6.03 Å². The SMILES string of the molecule is Cc1ccc(N2CCN(C(=O)Nc3ccccc3C#N)CC2)cc1C. The molecule has 0 aliphatic carbocycles. The first-order chi connectivity index (χ1) is 12.1. The number of hydrogen-bond donors (Lipinski definition) is 1. The van der Waals surface area contributed by atoms with Crippen LogP contribution in [0.5, 0.6) is 0 Å². The second kappa shape index (κ2) is 7.27. The van der Waals surface area contributed by atoms with E-state index in [0.29, 0.717) is 24.3 Å². The van der Waals surface area contributed by atoms with Crippen molar-refractivity contribution in [2.45, 2.75) is 13.8 Å². The number of nitrogens with zero attached hydrogens (tertiary/aromatic N) is 3. The average Bonchev–Trinajstić information content (AvgIpc) is 2.64. The van der Waals surface area contributed by atoms with Crippen LogP contribution in [0, 0.1) is 25.2 Å². The van der Waals surface area contributed by atoms with Crippen LogP contribution in [-0.2, 0) is 0 Å². The molecule has 2 amide bonds. The fourth-order valence-corrected chi connectivity index (χ4v) is 2.97. The molecule has 2 aromatic rings. The van der Waals surface area contributed by atoms with Gasteiger partial charge in [-0.2, -0.15) is 5.26 Å². The standard InChI is InChI=1S/C20H22N4O/c1-15-7-8-18(13-16(15)2)23-9-11-24(12-10-23)20(25)22-19-6-4-3-5-17(19)14-21/h3-8,13H,9-12H2,1-2H3,(H,22,25). The van der Waals surface area contributed by atoms with Crippen molar-refractivity contribution in [1.82, 2.24) is 4.90 Å². The molecule has 0 spiro atoms. The van der Waals surface area contributed by atoms with Gasteiger partial charge in [0.1, 0.15) is 6.07 Å². The van der Waals surface area contributed by atoms with Crippen LogP contribution in [0.4, 0.5) is 16.2 Å². The van der Waals surface area contributed by atoms with E-state index in [1.54, 1.807) is 23.1 Å². The molecule has 0 radical (unpaired) electrons. The highest BCUT2D eigenvalue weighted by Crippen LogP contribution is 2.21. The predicted octanol–water partition coefficient (Wildman–Crippen LogP) is 3.53. The van der Waals surface area contributed by atoms with Crippen LogP contribution in [0.3, 0.4) is 0 Å². The summed E-state index contributed by atoms with van der Waals surface area (Å²) in [5.74, 6) is 0. The molecule has 5 heteroatoms. The molecule has 3 rings (SSSR count). The Bertz CT molecular complexity index is 817. The number of para-hydroxylation sites is 1. The smallest absolute Gasteiger partial charge is 0.322 e. The zero-order chi connectivity index (χ0) is 17.8. The third-order valence-corrected chi connectivity index (χ3v) is 4.71. The van der Waals surface area contributed by atoms with Crippen LogP contribution in [0.15, 0.2) is 42.5 Å². The number of nitrogens with one attached hydrogen (secondary N) is 1. The molecule has 0 bridgehead atoms. The van der Waals surface area contributed by atoms with Gasteiger partial charge in [-0.3, -0.25) is 0 Å². The van der Waals surface area contributed by atoms with Crippen molar-refractivity contribution in [3.63, 3.8) is 0 Å². The molecule has 128 valence electrons. The lowest BCUT2D eigenvalue weighted by atomic mass is 10.1. The highest BCUT2D eigenvalue weighted by atomic mass is 16.2. The summed E-state index contributed by atoms with van der Waals surface area (Å²) in [5, 5.41) is 12.0. The molecule has 0 unspecified atom stereocenters. The Labute approximate surface area is 148 Å². The molecule has 0 aromatic heterocycles. The van der Waals surface area contributed by atoms with Crippen LogP contribution < -0.4 is 10.2 Å². The number of piperazine rings is 1. The molecule has 1 aliphatic rings. The second-order valence-electron chi connectivity index (χ2n) is 6.33. The number of amides is 2. The molecule has 1 aliphatic heterocycles. The predicted molar refractivity (Wildman–Crippen MR) is 99.9 cm³/mol. The summed E-state index contributed by atoms with van der Waals surface area (Å²) in [6.45, 7) is 7.15. The minimum atomic E-state index is -0.151. The summed E-state index contributed by atoms with van der Waals surface area (Å²) in [6, 6.07) is 15.5. The topological polar surface area (TPSA) is 59.4 Å². The minimum Gasteiger partial charge on any atom is -0.368 e. The van der Waals surface area contributed by atoms with Crippen LogP contribution in [0.2, 0.25) is 0 Å². The molecule has 25 heavy (non-hydrogen) atoms. The number of carbonyl (C=O) groups is 1. The third kappa shape index (κ3) is 3.74. The van der Waals surface area contributed by atoms with Gasteiger partial charge in [0, 0.05) is 31.9 Å². The molecule has 0 saturated carbocycles. The van der Waals surface area contributed by atoms with E-state index in [2.05, 4.69) is 48.3 Å². The molecule has 1 N–H and O–H groups in total. The number of aryl methyl sites for hydroxylation is 2. The maximum atomic E-state index is 12.5. The van der Waals surface area contributed by atoms with Crippen LogP contribution in [0.1, 0.15) is 16.7 Å². The van der Waals surface area contributed by atoms with Gasteiger partial charge in [-0.15, -0.1) is 0 Å². The first kappa shape index (κ1) is 16.8. The summed E-state index contributed by atoms with van der Waals surface area (Å²) in [6.07, 6.45) is 0. The molecule has 0 atom stereocenters. The molecule has 1 saturated heterocycles. The summed E-state index contributed by atoms with van der Waals surface area (Å²) < 4.78 is 0. The van der Waals surface area contributed by atoms with Gasteiger partial charge in [0.15, 0.2) is 0 Å². The molecule has 2 aromatic carbocycles. The first-order valence-electron chi connectivity index (χ1n) is 8.46. The van der Waals surface area contributed by atoms with Gasteiger partial charge in [-0.05, 0) is 49.2 Å². The van der Waals surface area contributed by atoms with Crippen LogP contribution in [-0.4, -0.2) is 37.1 Å². The lowest BCUT2D eigenvalue weighted by Crippen LogP contribution is -2.50. The highest BCUT2D eigenvalue weighted by Gasteiger charge is 2.22. The van der Waals surface area contributed by atoms with Crippen molar-refractivity contribution in [3.8, 4) is 6.07 Å². The quantitative estimate of drug-likeness (QED) is 0.914. The lowest BCUT2D eigenvalue weighted by Gasteiger charge is -2.36. The largest absolute Gasteiger partial charge is 0.368 e. The van der Waals surface area contributed by atoms with Gasteiger partial charge in [-0.1, -0.05) is 18.2 Å². The Hall–Kier alpha value is -3.00. The average molecular weight is 334 g/mol. The fourth-order valence-electron chi connectivity index (χ4n) is 2.97. The van der Waals surface area contributed by atoms with Crippen molar-refractivity contribution in [3.05, 3.63) is 59.2 Å². The van der Waals surface area contributed by atoms with E-state index in [0.717, 1.165) is 13.1 Å². The van der Waals surface area contributed by atoms with Crippen LogP contribution >= 0.6 is 0 Å². The van der Waals surface area contributed by atoms with Crippen molar-refractivity contribution in [2.24, 2.45) is 0 Å². The zero-order valence-electron chi connectivity index (χ0n) is 14.6. The highest BCUT2D eigenvalue weighted by molar-refractivity contribution is 5.91. The van der Waals surface area contributed by atoms with Gasteiger partial charge >= 0.3 is 6.03 Å². The van der Waals surface area contributed by atoms with E-state index in [1.165, 1.54) is 16.8 Å². The van der Waals surface area contributed by atoms with E-state index in [1.807, 2.05) is 6.07 Å². The lowest BCUT2D eigenvalue weighted by molar-refractivity contribution is 0.208. The number of nitriles is 1. The zero-order valence-corrected chi connectivity index (χ0v) is 14.6.